The zero-order valence-corrected chi connectivity index (χ0v) is 13.5. The van der Waals surface area contributed by atoms with Crippen molar-refractivity contribution >= 4 is 33.9 Å². The summed E-state index contributed by atoms with van der Waals surface area (Å²) in [6.07, 6.45) is 11.2. The summed E-state index contributed by atoms with van der Waals surface area (Å²) in [7, 11) is 0. The number of rotatable bonds is 3. The molecule has 1 aliphatic carbocycles. The van der Waals surface area contributed by atoms with Gasteiger partial charge in [0.25, 0.3) is 0 Å². The van der Waals surface area contributed by atoms with Crippen molar-refractivity contribution < 1.29 is 0 Å². The molecule has 1 heterocycles. The van der Waals surface area contributed by atoms with Crippen molar-refractivity contribution in [2.45, 2.75) is 18.3 Å². The molecule has 1 aromatic heterocycles. The molecule has 0 bridgehead atoms. The van der Waals surface area contributed by atoms with Gasteiger partial charge in [-0.15, -0.1) is 11.3 Å². The number of benzene rings is 1. The molecule has 1 aromatic carbocycles. The molecule has 3 rings (SSSR count). The fourth-order valence-corrected chi connectivity index (χ4v) is 4.11. The van der Waals surface area contributed by atoms with Crippen LogP contribution in [0.4, 0.5) is 0 Å². The quantitative estimate of drug-likeness (QED) is 0.632. The van der Waals surface area contributed by atoms with Gasteiger partial charge in [-0.05, 0) is 58.5 Å². The second kappa shape index (κ2) is 5.63. The molecule has 0 saturated heterocycles. The normalized spacial score (nSPS) is 21.7. The highest BCUT2D eigenvalue weighted by atomic mass is 127. The second-order valence-electron chi connectivity index (χ2n) is 4.89. The highest BCUT2D eigenvalue weighted by Gasteiger charge is 2.31. The Labute approximate surface area is 132 Å². The van der Waals surface area contributed by atoms with Crippen molar-refractivity contribution in [3.63, 3.8) is 0 Å². The van der Waals surface area contributed by atoms with Gasteiger partial charge in [0.1, 0.15) is 0 Å². The van der Waals surface area contributed by atoms with Gasteiger partial charge in [-0.25, -0.2) is 0 Å². The van der Waals surface area contributed by atoms with Crippen molar-refractivity contribution in [3.05, 3.63) is 80.1 Å². The number of thiophene rings is 1. The molecular formula is C17H15IS. The highest BCUT2D eigenvalue weighted by Crippen LogP contribution is 2.39. The van der Waals surface area contributed by atoms with E-state index < -0.39 is 0 Å². The lowest BCUT2D eigenvalue weighted by molar-refractivity contribution is 0.544. The second-order valence-corrected chi connectivity index (χ2v) is 7.00. The molecule has 2 heteroatoms. The van der Waals surface area contributed by atoms with Crippen LogP contribution in [0.1, 0.15) is 16.9 Å². The van der Waals surface area contributed by atoms with E-state index in [1.54, 1.807) is 0 Å². The van der Waals surface area contributed by atoms with Crippen molar-refractivity contribution in [2.75, 3.05) is 0 Å². The van der Waals surface area contributed by atoms with Gasteiger partial charge in [-0.1, -0.05) is 48.6 Å². The lowest BCUT2D eigenvalue weighted by Crippen LogP contribution is -2.26. The first kappa shape index (κ1) is 13.1. The molecule has 0 spiro atoms. The monoisotopic (exact) mass is 378 g/mol. The Balaban J connectivity index is 2.00. The summed E-state index contributed by atoms with van der Waals surface area (Å²) in [5, 5.41) is 2.18. The third-order valence-corrected chi connectivity index (χ3v) is 5.76. The Bertz CT molecular complexity index is 610. The van der Waals surface area contributed by atoms with E-state index in [-0.39, 0.29) is 5.41 Å². The lowest BCUT2D eigenvalue weighted by Gasteiger charge is -2.31. The Morgan fingerprint density at radius 2 is 2.00 bits per heavy atom. The summed E-state index contributed by atoms with van der Waals surface area (Å²) >= 11 is 4.31. The molecule has 0 nitrogen and oxygen atoms in total. The average molecular weight is 378 g/mol. The highest BCUT2D eigenvalue weighted by molar-refractivity contribution is 14.1. The Morgan fingerprint density at radius 3 is 2.68 bits per heavy atom. The van der Waals surface area contributed by atoms with Crippen LogP contribution in [0.3, 0.4) is 0 Å². The maximum Gasteiger partial charge on any atom is 0.0304 e. The van der Waals surface area contributed by atoms with Crippen LogP contribution in [0.15, 0.2) is 66.1 Å². The molecule has 1 unspecified atom stereocenters. The number of hydrogen-bond acceptors (Lipinski definition) is 1. The zero-order valence-electron chi connectivity index (χ0n) is 10.6. The first-order chi connectivity index (χ1) is 9.30. The van der Waals surface area contributed by atoms with Crippen LogP contribution in [0.2, 0.25) is 0 Å². The van der Waals surface area contributed by atoms with E-state index in [9.17, 15) is 0 Å². The SMILES string of the molecule is Ic1ccccc1CC1(c2cccs2)C=CC=CC1. The first-order valence-electron chi connectivity index (χ1n) is 6.42. The molecule has 0 radical (unpaired) electrons. The van der Waals surface area contributed by atoms with Crippen molar-refractivity contribution in [1.29, 1.82) is 0 Å². The summed E-state index contributed by atoms with van der Waals surface area (Å²) in [6, 6.07) is 13.1. The minimum Gasteiger partial charge on any atom is -0.148 e. The molecule has 0 fully saturated rings. The van der Waals surface area contributed by atoms with Gasteiger partial charge >= 0.3 is 0 Å². The topological polar surface area (TPSA) is 0 Å². The van der Waals surface area contributed by atoms with Crippen molar-refractivity contribution in [1.82, 2.24) is 0 Å². The number of hydrogen-bond donors (Lipinski definition) is 0. The van der Waals surface area contributed by atoms with Gasteiger partial charge in [0, 0.05) is 13.9 Å². The fraction of sp³-hybridized carbons (Fsp3) is 0.176. The van der Waals surface area contributed by atoms with Crippen LogP contribution in [0.5, 0.6) is 0 Å². The van der Waals surface area contributed by atoms with Crippen LogP contribution in [-0.2, 0) is 11.8 Å². The average Bonchev–Trinajstić information content (AvgIpc) is 2.97. The summed E-state index contributed by atoms with van der Waals surface area (Å²) < 4.78 is 1.36. The minimum atomic E-state index is 0.143. The molecule has 96 valence electrons. The first-order valence-corrected chi connectivity index (χ1v) is 8.38. The van der Waals surface area contributed by atoms with Gasteiger partial charge in [-0.3, -0.25) is 0 Å². The standard InChI is InChI=1S/C17H15IS/c18-15-8-3-2-7-14(15)13-17(10-4-1-5-11-17)16-9-6-12-19-16/h1-10,12H,11,13H2. The fourth-order valence-electron chi connectivity index (χ4n) is 2.61. The van der Waals surface area contributed by atoms with Crippen LogP contribution in [0, 0.1) is 3.57 Å². The van der Waals surface area contributed by atoms with Gasteiger partial charge < -0.3 is 0 Å². The van der Waals surface area contributed by atoms with Crippen molar-refractivity contribution in [2.24, 2.45) is 0 Å². The molecule has 0 N–H and O–H groups in total. The van der Waals surface area contributed by atoms with Crippen molar-refractivity contribution in [3.8, 4) is 0 Å². The van der Waals surface area contributed by atoms with E-state index in [0.717, 1.165) is 12.8 Å². The maximum atomic E-state index is 2.44. The largest absolute Gasteiger partial charge is 0.148 e. The van der Waals surface area contributed by atoms with E-state index >= 15 is 0 Å². The van der Waals surface area contributed by atoms with Gasteiger partial charge in [0.2, 0.25) is 0 Å². The van der Waals surface area contributed by atoms with Crippen LogP contribution in [-0.4, -0.2) is 0 Å². The molecule has 0 saturated carbocycles. The summed E-state index contributed by atoms with van der Waals surface area (Å²) in [6.45, 7) is 0. The minimum absolute atomic E-state index is 0.143. The van der Waals surface area contributed by atoms with E-state index in [2.05, 4.69) is 88.7 Å². The molecule has 0 aliphatic heterocycles. The van der Waals surface area contributed by atoms with E-state index in [4.69, 9.17) is 0 Å². The third-order valence-electron chi connectivity index (χ3n) is 3.62. The zero-order chi connectivity index (χ0) is 13.1. The molecular weight excluding hydrogens is 363 g/mol. The maximum absolute atomic E-state index is 2.44. The van der Waals surface area contributed by atoms with Crippen LogP contribution < -0.4 is 0 Å². The molecule has 2 aromatic rings. The van der Waals surface area contributed by atoms with E-state index in [1.807, 2.05) is 11.3 Å². The molecule has 19 heavy (non-hydrogen) atoms. The smallest absolute Gasteiger partial charge is 0.0304 e. The van der Waals surface area contributed by atoms with Gasteiger partial charge in [0.15, 0.2) is 0 Å². The summed E-state index contributed by atoms with van der Waals surface area (Å²) in [5.41, 5.74) is 1.58. The van der Waals surface area contributed by atoms with Crippen LogP contribution >= 0.6 is 33.9 Å². The predicted molar refractivity (Wildman–Crippen MR) is 91.8 cm³/mol. The van der Waals surface area contributed by atoms with E-state index in [0.29, 0.717) is 0 Å². The molecule has 1 aliphatic rings. The molecule has 0 amide bonds. The Morgan fingerprint density at radius 1 is 1.11 bits per heavy atom. The number of allylic oxidation sites excluding steroid dienone is 4. The van der Waals surface area contributed by atoms with Crippen LogP contribution in [0.25, 0.3) is 0 Å². The summed E-state index contributed by atoms with van der Waals surface area (Å²) in [5.74, 6) is 0. The number of halogens is 1. The third kappa shape index (κ3) is 2.70. The van der Waals surface area contributed by atoms with Gasteiger partial charge in [0.05, 0.1) is 0 Å². The van der Waals surface area contributed by atoms with Gasteiger partial charge in [-0.2, -0.15) is 0 Å². The Kier molecular flexibility index (Phi) is 3.89. The Hall–Kier alpha value is -0.870. The summed E-state index contributed by atoms with van der Waals surface area (Å²) in [4.78, 5) is 1.47. The molecule has 1 atom stereocenters. The van der Waals surface area contributed by atoms with E-state index in [1.165, 1.54) is 14.0 Å². The predicted octanol–water partition coefficient (Wildman–Crippen LogP) is 5.35. The lowest BCUT2D eigenvalue weighted by atomic mass is 9.75.